The number of morpholine rings is 1. The van der Waals surface area contributed by atoms with Crippen molar-refractivity contribution in [1.29, 1.82) is 0 Å². The van der Waals surface area contributed by atoms with Gasteiger partial charge in [-0.05, 0) is 38.0 Å². The number of aromatic amines is 1. The molecule has 0 saturated carbocycles. The molecule has 11 heteroatoms. The molecule has 0 bridgehead atoms. The molecule has 2 fully saturated rings. The van der Waals surface area contributed by atoms with Crippen molar-refractivity contribution in [2.45, 2.75) is 24.7 Å². The van der Waals surface area contributed by atoms with E-state index in [0.29, 0.717) is 51.3 Å². The van der Waals surface area contributed by atoms with E-state index in [9.17, 15) is 22.8 Å². The highest BCUT2D eigenvalue weighted by Crippen LogP contribution is 2.22. The van der Waals surface area contributed by atoms with Gasteiger partial charge in [0.05, 0.1) is 30.6 Å². The highest BCUT2D eigenvalue weighted by molar-refractivity contribution is 7.89. The maximum atomic E-state index is 13.2. The number of fused-ring (bicyclic) bond motifs is 1. The molecule has 10 nitrogen and oxygen atoms in total. The zero-order chi connectivity index (χ0) is 23.6. The molecule has 33 heavy (non-hydrogen) atoms. The number of ether oxygens (including phenoxy) is 2. The Kier molecular flexibility index (Phi) is 6.82. The number of benzene rings is 1. The summed E-state index contributed by atoms with van der Waals surface area (Å²) in [5, 5.41) is 0.136. The number of H-pyrrole nitrogens is 1. The second kappa shape index (κ2) is 9.62. The summed E-state index contributed by atoms with van der Waals surface area (Å²) in [5.41, 5.74) is -0.142. The lowest BCUT2D eigenvalue weighted by atomic mass is 9.96. The van der Waals surface area contributed by atoms with Gasteiger partial charge in [0.25, 0.3) is 5.91 Å². The Morgan fingerprint density at radius 3 is 2.52 bits per heavy atom. The van der Waals surface area contributed by atoms with E-state index in [-0.39, 0.29) is 40.8 Å². The quantitative estimate of drug-likeness (QED) is 0.636. The number of rotatable bonds is 5. The van der Waals surface area contributed by atoms with Gasteiger partial charge in [-0.25, -0.2) is 8.42 Å². The average Bonchev–Trinajstić information content (AvgIpc) is 2.84. The van der Waals surface area contributed by atoms with E-state index in [1.165, 1.54) is 28.7 Å². The Balaban J connectivity index is 1.58. The Hall–Kier alpha value is -2.76. The maximum Gasteiger partial charge on any atom is 0.309 e. The largest absolute Gasteiger partial charge is 0.466 e. The predicted molar refractivity (Wildman–Crippen MR) is 119 cm³/mol. The van der Waals surface area contributed by atoms with Crippen LogP contribution in [0.2, 0.25) is 0 Å². The van der Waals surface area contributed by atoms with E-state index in [4.69, 9.17) is 9.47 Å². The third kappa shape index (κ3) is 4.66. The molecule has 0 spiro atoms. The van der Waals surface area contributed by atoms with E-state index >= 15 is 0 Å². The van der Waals surface area contributed by atoms with Gasteiger partial charge in [-0.2, -0.15) is 4.31 Å². The number of carbonyl (C=O) groups excluding carboxylic acids is 2. The fourth-order valence-corrected chi connectivity index (χ4v) is 5.64. The van der Waals surface area contributed by atoms with Crippen molar-refractivity contribution in [2.24, 2.45) is 5.92 Å². The minimum Gasteiger partial charge on any atom is -0.466 e. The third-order valence-electron chi connectivity index (χ3n) is 6.09. The van der Waals surface area contributed by atoms with E-state index in [2.05, 4.69) is 4.98 Å². The van der Waals surface area contributed by atoms with E-state index < -0.39 is 21.4 Å². The molecule has 2 aliphatic heterocycles. The summed E-state index contributed by atoms with van der Waals surface area (Å²) >= 11 is 0. The van der Waals surface area contributed by atoms with Gasteiger partial charge in [0.2, 0.25) is 15.5 Å². The summed E-state index contributed by atoms with van der Waals surface area (Å²) in [6, 6.07) is 4.30. The summed E-state index contributed by atoms with van der Waals surface area (Å²) in [4.78, 5) is 42.6. The molecule has 1 aromatic carbocycles. The summed E-state index contributed by atoms with van der Waals surface area (Å²) in [6.45, 7) is 3.87. The van der Waals surface area contributed by atoms with E-state index in [1.54, 1.807) is 11.8 Å². The van der Waals surface area contributed by atoms with Crippen molar-refractivity contribution in [3.05, 3.63) is 40.2 Å². The van der Waals surface area contributed by atoms with Crippen molar-refractivity contribution in [3.63, 3.8) is 0 Å². The number of nitrogens with zero attached hydrogens (tertiary/aromatic N) is 2. The number of hydrogen-bond acceptors (Lipinski definition) is 7. The molecular weight excluding hydrogens is 450 g/mol. The number of hydrogen-bond donors (Lipinski definition) is 1. The lowest BCUT2D eigenvalue weighted by Crippen LogP contribution is -2.42. The lowest BCUT2D eigenvalue weighted by molar-refractivity contribution is -0.149. The van der Waals surface area contributed by atoms with Gasteiger partial charge in [-0.3, -0.25) is 14.4 Å². The summed E-state index contributed by atoms with van der Waals surface area (Å²) in [5.74, 6) is -0.958. The normalized spacial score (nSPS) is 18.4. The van der Waals surface area contributed by atoms with Crippen LogP contribution in [-0.4, -0.2) is 80.5 Å². The molecule has 0 radical (unpaired) electrons. The fourth-order valence-electron chi connectivity index (χ4n) is 4.20. The first-order valence-electron chi connectivity index (χ1n) is 11.0. The molecule has 1 aromatic heterocycles. The minimum atomic E-state index is -3.78. The monoisotopic (exact) mass is 477 g/mol. The number of nitrogens with one attached hydrogen (secondary N) is 1. The second-order valence-corrected chi connectivity index (χ2v) is 10.0. The zero-order valence-corrected chi connectivity index (χ0v) is 19.2. The van der Waals surface area contributed by atoms with Gasteiger partial charge in [-0.1, -0.05) is 0 Å². The molecule has 2 saturated heterocycles. The molecule has 4 rings (SSSR count). The van der Waals surface area contributed by atoms with Crippen molar-refractivity contribution >= 4 is 32.8 Å². The van der Waals surface area contributed by atoms with Crippen LogP contribution in [0, 0.1) is 5.92 Å². The Morgan fingerprint density at radius 1 is 1.15 bits per heavy atom. The molecule has 0 aliphatic carbocycles. The van der Waals surface area contributed by atoms with Crippen LogP contribution in [0.25, 0.3) is 10.9 Å². The molecule has 2 aliphatic rings. The Morgan fingerprint density at radius 2 is 1.85 bits per heavy atom. The van der Waals surface area contributed by atoms with Gasteiger partial charge in [0.1, 0.15) is 5.56 Å². The van der Waals surface area contributed by atoms with Gasteiger partial charge in [0, 0.05) is 43.3 Å². The Labute approximate surface area is 191 Å². The number of esters is 1. The number of piperidine rings is 1. The van der Waals surface area contributed by atoms with Crippen LogP contribution in [0.1, 0.15) is 30.1 Å². The Bertz CT molecular complexity index is 1210. The number of pyridine rings is 1. The second-order valence-electron chi connectivity index (χ2n) is 8.07. The van der Waals surface area contributed by atoms with Crippen LogP contribution < -0.4 is 5.43 Å². The molecule has 1 N–H and O–H groups in total. The molecule has 0 unspecified atom stereocenters. The third-order valence-corrected chi connectivity index (χ3v) is 7.99. The topological polar surface area (TPSA) is 126 Å². The van der Waals surface area contributed by atoms with Gasteiger partial charge in [-0.15, -0.1) is 0 Å². The van der Waals surface area contributed by atoms with Crippen molar-refractivity contribution < 1.29 is 27.5 Å². The van der Waals surface area contributed by atoms with E-state index in [1.807, 2.05) is 0 Å². The number of carbonyl (C=O) groups is 2. The molecule has 0 atom stereocenters. The van der Waals surface area contributed by atoms with Gasteiger partial charge >= 0.3 is 5.97 Å². The zero-order valence-electron chi connectivity index (χ0n) is 18.4. The first-order valence-corrected chi connectivity index (χ1v) is 12.5. The van der Waals surface area contributed by atoms with Crippen molar-refractivity contribution in [2.75, 3.05) is 46.0 Å². The first kappa shape index (κ1) is 23.4. The summed E-state index contributed by atoms with van der Waals surface area (Å²) in [7, 11) is -3.78. The highest BCUT2D eigenvalue weighted by Gasteiger charge is 2.30. The number of sulfonamides is 1. The molecule has 2 aromatic rings. The fraction of sp³-hybridized carbons (Fsp3) is 0.500. The predicted octanol–water partition coefficient (Wildman–Crippen LogP) is 0.964. The summed E-state index contributed by atoms with van der Waals surface area (Å²) in [6.07, 6.45) is 2.30. The first-order chi connectivity index (χ1) is 15.8. The van der Waals surface area contributed by atoms with Crippen molar-refractivity contribution in [1.82, 2.24) is 14.2 Å². The van der Waals surface area contributed by atoms with Gasteiger partial charge < -0.3 is 19.4 Å². The summed E-state index contributed by atoms with van der Waals surface area (Å²) < 4.78 is 37.6. The SMILES string of the molecule is CCOC(=O)C1CCN(C(=O)c2c[nH]c3ccc(S(=O)(=O)N4CCOCC4)cc3c2=O)CC1. The molecular formula is C22H27N3O7S. The van der Waals surface area contributed by atoms with Crippen LogP contribution >= 0.6 is 0 Å². The van der Waals surface area contributed by atoms with Crippen LogP contribution in [-0.2, 0) is 24.3 Å². The van der Waals surface area contributed by atoms with Crippen LogP contribution in [0.15, 0.2) is 34.1 Å². The maximum absolute atomic E-state index is 13.2. The van der Waals surface area contributed by atoms with Crippen LogP contribution in [0.5, 0.6) is 0 Å². The molecule has 178 valence electrons. The molecule has 1 amide bonds. The van der Waals surface area contributed by atoms with E-state index in [0.717, 1.165) is 0 Å². The smallest absolute Gasteiger partial charge is 0.309 e. The van der Waals surface area contributed by atoms with Gasteiger partial charge in [0.15, 0.2) is 0 Å². The highest BCUT2D eigenvalue weighted by atomic mass is 32.2. The van der Waals surface area contributed by atoms with Crippen LogP contribution in [0.3, 0.4) is 0 Å². The molecule has 3 heterocycles. The minimum absolute atomic E-state index is 0.00208. The van der Waals surface area contributed by atoms with Crippen molar-refractivity contribution in [3.8, 4) is 0 Å². The number of likely N-dealkylation sites (tertiary alicyclic amines) is 1. The number of amides is 1. The van der Waals surface area contributed by atoms with Crippen LogP contribution in [0.4, 0.5) is 0 Å². The lowest BCUT2D eigenvalue weighted by Gasteiger charge is -2.30. The number of aromatic nitrogens is 1. The average molecular weight is 478 g/mol. The standard InChI is InChI=1S/C22H27N3O7S/c1-2-32-22(28)15-5-7-24(8-6-15)21(27)18-14-23-19-4-3-16(13-17(19)20(18)26)33(29,30)25-9-11-31-12-10-25/h3-4,13-15H,2,5-12H2,1H3,(H,23,26).